The zero-order valence-electron chi connectivity index (χ0n) is 35.0. The van der Waals surface area contributed by atoms with Gasteiger partial charge in [-0.25, -0.2) is 0 Å². The van der Waals surface area contributed by atoms with Crippen LogP contribution in [0.3, 0.4) is 0 Å². The topological polar surface area (TPSA) is 163 Å². The zero-order chi connectivity index (χ0) is 40.0. The highest BCUT2D eigenvalue weighted by Gasteiger charge is 2.58. The Balaban J connectivity index is 1.84. The number of carbonyl (C=O) groups excluding carboxylic acids is 1. The Bertz CT molecular complexity index is 1220. The first kappa shape index (κ1) is 44.7. The van der Waals surface area contributed by atoms with Crippen LogP contribution < -0.4 is 0 Å². The molecule has 4 aliphatic heterocycles. The number of hydrogen-bond donors (Lipinski definition) is 4. The van der Waals surface area contributed by atoms with Gasteiger partial charge in [0.2, 0.25) is 0 Å². The molecule has 0 amide bonds. The molecule has 0 aromatic carbocycles. The standard InChI is InChI=1S/C40H74NO12/c1-15-17-41(12,13)27-18-22(4)48-37(30(27)42)52-35-24(6)32(51-29-20-38(9,47-14)34(44)26(8)49-29)25(7)36(45)50-28(16-2)40(11,46)33(43)23(5)31-21(3)19-39(35,10)53-31/h21-35,37,42-44,46H,15-20H2,1-14H3/q+1/t21-,22-,23+,24+,25-,26+,27+,28-,29+,30-,31-,32+,33-,34+,35-,37+,38-,39-,40-/m1/s1. The molecule has 310 valence electrons. The van der Waals surface area contributed by atoms with Crippen LogP contribution in [0.1, 0.15) is 108 Å². The van der Waals surface area contributed by atoms with Crippen molar-refractivity contribution >= 4 is 5.97 Å². The normalized spacial score (nSPS) is 50.5. The molecule has 4 rings (SSSR count). The van der Waals surface area contributed by atoms with Gasteiger partial charge in [0.15, 0.2) is 18.7 Å². The van der Waals surface area contributed by atoms with Crippen molar-refractivity contribution in [2.24, 2.45) is 23.7 Å². The molecule has 4 fully saturated rings. The minimum Gasteiger partial charge on any atom is -0.459 e. The van der Waals surface area contributed by atoms with Gasteiger partial charge in [-0.1, -0.05) is 34.6 Å². The first-order chi connectivity index (χ1) is 24.5. The summed E-state index contributed by atoms with van der Waals surface area (Å²) in [5.74, 6) is -2.72. The summed E-state index contributed by atoms with van der Waals surface area (Å²) in [5.41, 5.74) is -3.77. The molecule has 19 atom stereocenters. The van der Waals surface area contributed by atoms with Crippen molar-refractivity contribution in [1.29, 1.82) is 0 Å². The van der Waals surface area contributed by atoms with Gasteiger partial charge in [-0.05, 0) is 66.7 Å². The molecule has 0 spiro atoms. The summed E-state index contributed by atoms with van der Waals surface area (Å²) in [6.45, 7) is 21.4. The Hall–Kier alpha value is -0.970. The number of fused-ring (bicyclic) bond motifs is 2. The van der Waals surface area contributed by atoms with E-state index in [1.54, 1.807) is 27.7 Å². The Morgan fingerprint density at radius 3 is 2.13 bits per heavy atom. The van der Waals surface area contributed by atoms with E-state index in [9.17, 15) is 25.2 Å². The van der Waals surface area contributed by atoms with Crippen LogP contribution in [0.2, 0.25) is 0 Å². The van der Waals surface area contributed by atoms with E-state index in [1.165, 1.54) is 14.0 Å². The lowest BCUT2D eigenvalue weighted by Crippen LogP contribution is -2.64. The van der Waals surface area contributed by atoms with Gasteiger partial charge in [-0.3, -0.25) is 4.79 Å². The number of nitrogens with zero attached hydrogens (tertiary/aromatic N) is 1. The van der Waals surface area contributed by atoms with Crippen molar-refractivity contribution in [3.05, 3.63) is 0 Å². The summed E-state index contributed by atoms with van der Waals surface area (Å²) in [5, 5.41) is 46.5. The second-order valence-electron chi connectivity index (χ2n) is 18.3. The summed E-state index contributed by atoms with van der Waals surface area (Å²) in [4.78, 5) is 14.2. The smallest absolute Gasteiger partial charge is 0.311 e. The molecule has 4 N–H and O–H groups in total. The minimum absolute atomic E-state index is 0.0587. The summed E-state index contributed by atoms with van der Waals surface area (Å²) in [6, 6.07) is -0.155. The average molecular weight is 761 g/mol. The van der Waals surface area contributed by atoms with E-state index in [0.717, 1.165) is 13.0 Å². The Kier molecular flexibility index (Phi) is 14.2. The molecule has 4 heterocycles. The SMILES string of the molecule is CCC[N+](C)(C)[C@H]1C[C@@H](C)O[C@@H](O[C@@H]2[C@@H](C)[C@H](O[C@H]3C[C@@](C)(OC)[C@@H](O)[C@H](C)O3)[C@@H](C)C(=O)O[C@H](CC)[C@@](C)(O)[C@H](O)[C@@H](C)[C@@H]3O[C@]2(C)C[C@H]3C)[C@@H]1O. The lowest BCUT2D eigenvalue weighted by molar-refractivity contribution is -0.921. The molecule has 0 saturated carbocycles. The zero-order valence-corrected chi connectivity index (χ0v) is 35.0. The number of methoxy groups -OCH3 is 1. The van der Waals surface area contributed by atoms with Crippen LogP contribution in [0, 0.1) is 23.7 Å². The van der Waals surface area contributed by atoms with E-state index < -0.39 is 102 Å². The third-order valence-corrected chi connectivity index (χ3v) is 13.4. The van der Waals surface area contributed by atoms with Crippen molar-refractivity contribution in [2.75, 3.05) is 27.7 Å². The van der Waals surface area contributed by atoms with E-state index in [4.69, 9.17) is 33.2 Å². The summed E-state index contributed by atoms with van der Waals surface area (Å²) in [6.07, 6.45) is -6.49. The van der Waals surface area contributed by atoms with Gasteiger partial charge in [-0.2, -0.15) is 0 Å². The van der Waals surface area contributed by atoms with E-state index in [0.29, 0.717) is 17.3 Å². The van der Waals surface area contributed by atoms with Crippen LogP contribution in [0.15, 0.2) is 0 Å². The van der Waals surface area contributed by atoms with Gasteiger partial charge in [0.05, 0.1) is 74.4 Å². The van der Waals surface area contributed by atoms with Crippen molar-refractivity contribution in [2.45, 2.75) is 199 Å². The quantitative estimate of drug-likeness (QED) is 0.200. The van der Waals surface area contributed by atoms with Gasteiger partial charge in [0, 0.05) is 31.8 Å². The molecule has 53 heavy (non-hydrogen) atoms. The number of quaternary nitrogens is 1. The highest BCUT2D eigenvalue weighted by molar-refractivity contribution is 5.73. The molecule has 2 bridgehead atoms. The van der Waals surface area contributed by atoms with E-state index in [1.807, 2.05) is 27.7 Å². The highest BCUT2D eigenvalue weighted by atomic mass is 16.7. The summed E-state index contributed by atoms with van der Waals surface area (Å²) >= 11 is 0. The molecule has 0 radical (unpaired) electrons. The monoisotopic (exact) mass is 761 g/mol. The lowest BCUT2D eigenvalue weighted by Gasteiger charge is -2.50. The lowest BCUT2D eigenvalue weighted by atomic mass is 9.76. The number of rotatable bonds is 9. The molecule has 0 aromatic rings. The van der Waals surface area contributed by atoms with E-state index in [-0.39, 0.29) is 30.9 Å². The van der Waals surface area contributed by atoms with Gasteiger partial charge in [0.25, 0.3) is 0 Å². The number of carbonyl (C=O) groups is 1. The maximum atomic E-state index is 14.2. The van der Waals surface area contributed by atoms with Crippen molar-refractivity contribution in [1.82, 2.24) is 0 Å². The fourth-order valence-corrected chi connectivity index (χ4v) is 10.1. The maximum Gasteiger partial charge on any atom is 0.311 e. The van der Waals surface area contributed by atoms with E-state index >= 15 is 0 Å². The van der Waals surface area contributed by atoms with E-state index in [2.05, 4.69) is 27.9 Å². The molecule has 0 unspecified atom stereocenters. The maximum absolute atomic E-state index is 14.2. The van der Waals surface area contributed by atoms with Gasteiger partial charge < -0.3 is 58.1 Å². The molecule has 13 heteroatoms. The Labute approximate surface area is 318 Å². The number of esters is 1. The number of aliphatic hydroxyl groups excluding tert-OH is 3. The molecular formula is C40H74NO12+. The second-order valence-corrected chi connectivity index (χ2v) is 18.3. The fourth-order valence-electron chi connectivity index (χ4n) is 10.1. The van der Waals surface area contributed by atoms with Gasteiger partial charge in [0.1, 0.15) is 23.9 Å². The largest absolute Gasteiger partial charge is 0.459 e. The number of likely N-dealkylation sites (N-methyl/N-ethyl adjacent to an activating group) is 1. The van der Waals surface area contributed by atoms with Crippen LogP contribution in [0.25, 0.3) is 0 Å². The number of aliphatic hydroxyl groups is 4. The third kappa shape index (κ3) is 8.96. The third-order valence-electron chi connectivity index (χ3n) is 13.4. The summed E-state index contributed by atoms with van der Waals surface area (Å²) in [7, 11) is 5.79. The predicted octanol–water partition coefficient (Wildman–Crippen LogP) is 3.55. The van der Waals surface area contributed by atoms with Crippen LogP contribution in [0.4, 0.5) is 0 Å². The predicted molar refractivity (Wildman–Crippen MR) is 197 cm³/mol. The van der Waals surface area contributed by atoms with Crippen LogP contribution >= 0.6 is 0 Å². The van der Waals surface area contributed by atoms with Crippen LogP contribution in [-0.2, 0) is 38.0 Å². The van der Waals surface area contributed by atoms with Gasteiger partial charge in [-0.15, -0.1) is 0 Å². The van der Waals surface area contributed by atoms with Crippen LogP contribution in [-0.4, -0.2) is 149 Å². The average Bonchev–Trinajstić information content (AvgIpc) is 3.40. The van der Waals surface area contributed by atoms with Crippen molar-refractivity contribution < 1.29 is 62.9 Å². The second kappa shape index (κ2) is 16.9. The summed E-state index contributed by atoms with van der Waals surface area (Å²) < 4.78 is 45.9. The first-order valence-electron chi connectivity index (χ1n) is 20.1. The number of ether oxygens (including phenoxy) is 7. The molecule has 4 aliphatic rings. The molecular weight excluding hydrogens is 686 g/mol. The molecule has 13 nitrogen and oxygen atoms in total. The molecule has 4 saturated heterocycles. The number of hydrogen-bond acceptors (Lipinski definition) is 12. The highest BCUT2D eigenvalue weighted by Crippen LogP contribution is 2.48. The number of cyclic esters (lactones) is 1. The minimum atomic E-state index is -1.79. The Morgan fingerprint density at radius 1 is 0.906 bits per heavy atom. The Morgan fingerprint density at radius 2 is 1.55 bits per heavy atom. The molecule has 0 aromatic heterocycles. The first-order valence-corrected chi connectivity index (χ1v) is 20.1. The van der Waals surface area contributed by atoms with Crippen molar-refractivity contribution in [3.63, 3.8) is 0 Å². The fraction of sp³-hybridized carbons (Fsp3) is 0.975. The van der Waals surface area contributed by atoms with Crippen LogP contribution in [0.5, 0.6) is 0 Å². The van der Waals surface area contributed by atoms with Crippen molar-refractivity contribution in [3.8, 4) is 0 Å². The van der Waals surface area contributed by atoms with Gasteiger partial charge >= 0.3 is 5.97 Å². The molecule has 0 aliphatic carbocycles.